The number of amides is 5. The zero-order valence-corrected chi connectivity index (χ0v) is 45.4. The number of nitrogens with one attached hydrogen (secondary N) is 5. The molecular weight excluding hydrogens is 1110 g/mol. The first-order chi connectivity index (χ1) is 32.9. The monoisotopic (exact) mass is 1160 g/mol. The number of rotatable bonds is 15. The zero-order chi connectivity index (χ0) is 54.0. The average molecular weight is 1160 g/mol. The second-order valence-electron chi connectivity index (χ2n) is 16.6. The van der Waals surface area contributed by atoms with E-state index in [0.29, 0.717) is 15.6 Å². The third kappa shape index (κ3) is 23.9. The van der Waals surface area contributed by atoms with Gasteiger partial charge in [-0.2, -0.15) is 13.5 Å². The van der Waals surface area contributed by atoms with Gasteiger partial charge >= 0.3 is 24.1 Å². The first kappa shape index (κ1) is 64.6. The maximum atomic E-state index is 12.8. The fraction of sp³-hybridized carbons (Fsp3) is 0.304. The van der Waals surface area contributed by atoms with Crippen molar-refractivity contribution >= 4 is 153 Å². The Morgan fingerprint density at radius 1 is 0.597 bits per heavy atom. The fourth-order valence-electron chi connectivity index (χ4n) is 5.33. The minimum atomic E-state index is -1.51. The van der Waals surface area contributed by atoms with Gasteiger partial charge in [-0.05, 0) is 113 Å². The van der Waals surface area contributed by atoms with Crippen molar-refractivity contribution in [3.8, 4) is 0 Å². The van der Waals surface area contributed by atoms with Gasteiger partial charge < -0.3 is 52.0 Å². The van der Waals surface area contributed by atoms with Crippen molar-refractivity contribution in [2.75, 3.05) is 24.1 Å². The molecule has 9 N–H and O–H groups in total. The second-order valence-corrected chi connectivity index (χ2v) is 19.5. The smallest absolute Gasteiger partial charge is 0.407 e. The Morgan fingerprint density at radius 3 is 1.39 bits per heavy atom. The minimum Gasteiger partial charge on any atom is -0.480 e. The molecule has 72 heavy (non-hydrogen) atoms. The van der Waals surface area contributed by atoms with Crippen LogP contribution in [0.4, 0.5) is 21.0 Å². The van der Waals surface area contributed by atoms with E-state index in [1.165, 1.54) is 24.3 Å². The maximum absolute atomic E-state index is 12.8. The SMILES string of the molecule is CC(C)(C)OC(=O)NC[C@H](NC(=O)c1c(Cl)ccc(N)c1Cl)C(=O)O.CC(C)(C)OC(=O)NC[C@H](NC(=O)c1c(Cl)ccc(NC(=O)Cc2cccc(Cl)c2)c1Cl)C(=O)O.O=C(Cl)Cc1cccc(Cl)c1.S. The predicted molar refractivity (Wildman–Crippen MR) is 284 cm³/mol. The Bertz CT molecular complexity index is 2620. The number of nitrogens with two attached hydrogens (primary N) is 1. The van der Waals surface area contributed by atoms with E-state index >= 15 is 0 Å². The highest BCUT2D eigenvalue weighted by Gasteiger charge is 2.28. The minimum absolute atomic E-state index is 0. The van der Waals surface area contributed by atoms with E-state index < -0.39 is 78.2 Å². The van der Waals surface area contributed by atoms with Gasteiger partial charge in [-0.1, -0.05) is 93.9 Å². The molecule has 4 aromatic carbocycles. The van der Waals surface area contributed by atoms with E-state index in [1.54, 1.807) is 84.0 Å². The number of nitrogen functional groups attached to an aromatic ring is 1. The number of ether oxygens (including phenoxy) is 2. The van der Waals surface area contributed by atoms with Crippen LogP contribution >= 0.6 is 94.7 Å². The molecular formula is C46H51Cl7N6O12S. The molecule has 0 aromatic heterocycles. The molecule has 26 heteroatoms. The van der Waals surface area contributed by atoms with Gasteiger partial charge in [-0.15, -0.1) is 0 Å². The number of carbonyl (C=O) groups excluding carboxylic acids is 6. The number of hydrogen-bond donors (Lipinski definition) is 8. The van der Waals surface area contributed by atoms with Gasteiger partial charge in [0.15, 0.2) is 0 Å². The molecule has 2 atom stereocenters. The quantitative estimate of drug-likeness (QED) is 0.0407. The van der Waals surface area contributed by atoms with E-state index in [1.807, 2.05) is 6.07 Å². The van der Waals surface area contributed by atoms with Crippen LogP contribution in [-0.4, -0.2) is 93.7 Å². The summed E-state index contributed by atoms with van der Waals surface area (Å²) < 4.78 is 10.0. The van der Waals surface area contributed by atoms with E-state index in [4.69, 9.17) is 96.4 Å². The topological polar surface area (TPSA) is 282 Å². The molecule has 0 aliphatic rings. The van der Waals surface area contributed by atoms with Crippen LogP contribution in [0.15, 0.2) is 72.8 Å². The van der Waals surface area contributed by atoms with E-state index in [9.17, 15) is 48.6 Å². The lowest BCUT2D eigenvalue weighted by atomic mass is 10.1. The molecule has 392 valence electrons. The first-order valence-electron chi connectivity index (χ1n) is 20.6. The Hall–Kier alpha value is -5.38. The fourth-order valence-corrected chi connectivity index (χ4v) is 7.04. The highest BCUT2D eigenvalue weighted by Crippen LogP contribution is 2.32. The number of carboxylic acid groups (broad SMARTS) is 2. The number of carbonyl (C=O) groups is 8. The lowest BCUT2D eigenvalue weighted by molar-refractivity contribution is -0.140. The van der Waals surface area contributed by atoms with E-state index in [2.05, 4.69) is 26.6 Å². The third-order valence-corrected chi connectivity index (χ3v) is 10.4. The standard InChI is InChI=1S/C23H24Cl3N3O6.C15H19Cl2N3O5.C8H6Cl2O.H2S/c1-23(2,3)35-22(34)27-11-16(21(32)33)29-20(31)18-14(25)7-8-15(19(18)26)28-17(30)10-12-5-4-6-13(24)9-12;1-15(2,3)25-14(24)19-6-9(13(22)23)20-12(21)10-7(16)4-5-8(18)11(10)17;9-7-3-1-2-6(4-7)5-8(10)11;/h4-9,16H,10-11H2,1-3H3,(H,27,34)(H,28,30)(H,29,31)(H,32,33);4-5,9H,6,18H2,1-3H3,(H,19,24)(H,20,21)(H,22,23);1-4H,5H2;1H2/t16-;9-;;/m00../s1. The molecule has 0 aliphatic carbocycles. The molecule has 0 bridgehead atoms. The molecule has 4 rings (SSSR count). The van der Waals surface area contributed by atoms with Crippen molar-refractivity contribution in [1.29, 1.82) is 0 Å². The number of anilines is 2. The summed E-state index contributed by atoms with van der Waals surface area (Å²) in [4.78, 5) is 94.3. The molecule has 0 saturated heterocycles. The molecule has 0 unspecified atom stereocenters. The number of halogens is 7. The normalized spacial score (nSPS) is 11.5. The zero-order valence-electron chi connectivity index (χ0n) is 39.1. The number of benzene rings is 4. The van der Waals surface area contributed by atoms with Crippen LogP contribution in [0.2, 0.25) is 30.1 Å². The molecule has 0 radical (unpaired) electrons. The molecule has 0 saturated carbocycles. The van der Waals surface area contributed by atoms with Crippen LogP contribution in [0.3, 0.4) is 0 Å². The summed E-state index contributed by atoms with van der Waals surface area (Å²) in [6.45, 7) is 9.07. The molecule has 5 amide bonds. The van der Waals surface area contributed by atoms with Gasteiger partial charge in [0.25, 0.3) is 11.8 Å². The second kappa shape index (κ2) is 30.0. The Kier molecular flexibility index (Phi) is 26.9. The van der Waals surface area contributed by atoms with Crippen molar-refractivity contribution < 1.29 is 58.0 Å². The number of aliphatic carboxylic acids is 2. The summed E-state index contributed by atoms with van der Waals surface area (Å²) in [6.07, 6.45) is -1.42. The number of hydrogen-bond acceptors (Lipinski definition) is 11. The molecule has 0 aliphatic heterocycles. The van der Waals surface area contributed by atoms with Gasteiger partial charge in [0.2, 0.25) is 11.1 Å². The predicted octanol–water partition coefficient (Wildman–Crippen LogP) is 9.58. The van der Waals surface area contributed by atoms with E-state index in [-0.39, 0.29) is 74.2 Å². The summed E-state index contributed by atoms with van der Waals surface area (Å²) in [7, 11) is 0. The summed E-state index contributed by atoms with van der Waals surface area (Å²) in [6, 6.07) is 16.4. The van der Waals surface area contributed by atoms with Crippen molar-refractivity contribution in [3.63, 3.8) is 0 Å². The van der Waals surface area contributed by atoms with Crippen molar-refractivity contribution in [2.45, 2.75) is 77.7 Å². The largest absolute Gasteiger partial charge is 0.480 e. The van der Waals surface area contributed by atoms with Crippen molar-refractivity contribution in [1.82, 2.24) is 21.3 Å². The van der Waals surface area contributed by atoms with Gasteiger partial charge in [-0.25, -0.2) is 19.2 Å². The highest BCUT2D eigenvalue weighted by molar-refractivity contribution is 7.59. The Balaban J connectivity index is 0.000000607. The summed E-state index contributed by atoms with van der Waals surface area (Å²) in [5.41, 5.74) is 5.44. The number of alkyl carbamates (subject to hydrolysis) is 2. The lowest BCUT2D eigenvalue weighted by Crippen LogP contribution is -2.49. The first-order valence-corrected chi connectivity index (χ1v) is 23.2. The van der Waals surface area contributed by atoms with Crippen LogP contribution in [0.1, 0.15) is 73.4 Å². The van der Waals surface area contributed by atoms with Crippen molar-refractivity contribution in [2.24, 2.45) is 0 Å². The van der Waals surface area contributed by atoms with E-state index in [0.717, 1.165) is 5.56 Å². The van der Waals surface area contributed by atoms with Crippen molar-refractivity contribution in [3.05, 3.63) is 125 Å². The van der Waals surface area contributed by atoms with Gasteiger partial charge in [0.05, 0.1) is 62.1 Å². The molecule has 0 fully saturated rings. The summed E-state index contributed by atoms with van der Waals surface area (Å²) in [5.74, 6) is -4.94. The third-order valence-electron chi connectivity index (χ3n) is 8.33. The van der Waals surface area contributed by atoms with Crippen LogP contribution in [-0.2, 0) is 41.5 Å². The van der Waals surface area contributed by atoms with Crippen LogP contribution in [0, 0.1) is 0 Å². The molecule has 4 aromatic rings. The van der Waals surface area contributed by atoms with Crippen LogP contribution in [0.5, 0.6) is 0 Å². The maximum Gasteiger partial charge on any atom is 0.407 e. The highest BCUT2D eigenvalue weighted by atomic mass is 35.5. The van der Waals surface area contributed by atoms with Gasteiger partial charge in [0.1, 0.15) is 23.3 Å². The molecule has 0 spiro atoms. The summed E-state index contributed by atoms with van der Waals surface area (Å²) >= 11 is 41.1. The van der Waals surface area contributed by atoms with Gasteiger partial charge in [0, 0.05) is 16.5 Å². The van der Waals surface area contributed by atoms with Gasteiger partial charge in [-0.3, -0.25) is 19.2 Å². The number of carboxylic acids is 2. The lowest BCUT2D eigenvalue weighted by Gasteiger charge is -2.21. The van der Waals surface area contributed by atoms with Crippen LogP contribution < -0.4 is 32.3 Å². The Labute approximate surface area is 456 Å². The average Bonchev–Trinajstić information content (AvgIpc) is 3.22. The summed E-state index contributed by atoms with van der Waals surface area (Å²) in [5, 5.41) is 30.7. The van der Waals surface area contributed by atoms with Crippen LogP contribution in [0.25, 0.3) is 0 Å². The molecule has 18 nitrogen and oxygen atoms in total. The Morgan fingerprint density at radius 2 is 1.00 bits per heavy atom. The molecule has 0 heterocycles.